The van der Waals surface area contributed by atoms with Crippen LogP contribution in [0.2, 0.25) is 0 Å². The molecule has 1 saturated heterocycles. The van der Waals surface area contributed by atoms with Gasteiger partial charge >= 0.3 is 0 Å². The number of halogens is 1. The van der Waals surface area contributed by atoms with E-state index in [1.807, 2.05) is 19.1 Å². The van der Waals surface area contributed by atoms with E-state index < -0.39 is 0 Å². The van der Waals surface area contributed by atoms with Crippen molar-refractivity contribution in [1.29, 1.82) is 0 Å². The highest BCUT2D eigenvalue weighted by molar-refractivity contribution is 6.03. The summed E-state index contributed by atoms with van der Waals surface area (Å²) in [5.74, 6) is 0.573. The zero-order valence-corrected chi connectivity index (χ0v) is 19.0. The van der Waals surface area contributed by atoms with Gasteiger partial charge in [0.05, 0.1) is 31.4 Å². The normalized spacial score (nSPS) is 14.9. The molecule has 6 rings (SSSR count). The molecular formula is C25H23FN6O3. The summed E-state index contributed by atoms with van der Waals surface area (Å²) in [4.78, 5) is 26.5. The van der Waals surface area contributed by atoms with Gasteiger partial charge in [0, 0.05) is 53.3 Å². The number of aromatic nitrogens is 4. The first-order chi connectivity index (χ1) is 17.1. The van der Waals surface area contributed by atoms with E-state index in [1.54, 1.807) is 29.2 Å². The number of aryl methyl sites for hydroxylation is 1. The van der Waals surface area contributed by atoms with Crippen LogP contribution in [0.15, 0.2) is 43.0 Å². The minimum Gasteiger partial charge on any atom is -0.493 e. The summed E-state index contributed by atoms with van der Waals surface area (Å²) < 4.78 is 27.1. The van der Waals surface area contributed by atoms with Gasteiger partial charge in [-0.15, -0.1) is 0 Å². The van der Waals surface area contributed by atoms with Gasteiger partial charge in [0.2, 0.25) is 5.95 Å². The summed E-state index contributed by atoms with van der Waals surface area (Å²) in [5, 5.41) is 6.19. The SMILES string of the molecule is Cc1ncccc1-c1cnc(NCc2c(F)ccc3c2CCO3)n2cnc(C(=O)NC3COC3)c12. The number of ether oxygens (including phenoxy) is 2. The highest BCUT2D eigenvalue weighted by Gasteiger charge is 2.26. The molecule has 0 bridgehead atoms. The van der Waals surface area contributed by atoms with E-state index in [9.17, 15) is 9.18 Å². The maximum atomic E-state index is 14.7. The number of hydrogen-bond donors (Lipinski definition) is 2. The number of anilines is 1. The van der Waals surface area contributed by atoms with Crippen LogP contribution in [0, 0.1) is 12.7 Å². The van der Waals surface area contributed by atoms with Crippen molar-refractivity contribution < 1.29 is 18.7 Å². The summed E-state index contributed by atoms with van der Waals surface area (Å²) >= 11 is 0. The Morgan fingerprint density at radius 1 is 1.20 bits per heavy atom. The van der Waals surface area contributed by atoms with Gasteiger partial charge in [0.25, 0.3) is 5.91 Å². The fourth-order valence-electron chi connectivity index (χ4n) is 4.53. The van der Waals surface area contributed by atoms with Gasteiger partial charge in [0.15, 0.2) is 5.69 Å². The second kappa shape index (κ2) is 8.62. The van der Waals surface area contributed by atoms with Crippen molar-refractivity contribution >= 4 is 17.4 Å². The van der Waals surface area contributed by atoms with E-state index >= 15 is 0 Å². The number of nitrogens with zero attached hydrogens (tertiary/aromatic N) is 4. The lowest BCUT2D eigenvalue weighted by atomic mass is 10.0. The zero-order valence-electron chi connectivity index (χ0n) is 19.0. The molecule has 178 valence electrons. The number of benzene rings is 1. The molecule has 9 nitrogen and oxygen atoms in total. The Labute approximate surface area is 200 Å². The molecule has 0 radical (unpaired) electrons. The van der Waals surface area contributed by atoms with E-state index in [0.717, 1.165) is 22.4 Å². The van der Waals surface area contributed by atoms with E-state index in [4.69, 9.17) is 9.47 Å². The number of imidazole rings is 1. The van der Waals surface area contributed by atoms with Crippen LogP contribution in [0.4, 0.5) is 10.3 Å². The molecule has 1 amide bonds. The van der Waals surface area contributed by atoms with Crippen molar-refractivity contribution in [3.63, 3.8) is 0 Å². The maximum Gasteiger partial charge on any atom is 0.272 e. The molecule has 5 heterocycles. The standard InChI is InChI=1S/C25H23FN6O3/c1-14-16(3-2-7-27-14)19-10-29-25(28-9-18-17-6-8-35-21(17)5-4-20(18)26)32-13-30-22(23(19)32)24(33)31-15-11-34-12-15/h2-5,7,10,13,15H,6,8-9,11-12H2,1H3,(H,28,29)(H,31,33). The summed E-state index contributed by atoms with van der Waals surface area (Å²) in [6, 6.07) is 6.82. The second-order valence-corrected chi connectivity index (χ2v) is 8.61. The molecule has 1 aromatic carbocycles. The number of hydrogen-bond acceptors (Lipinski definition) is 7. The van der Waals surface area contributed by atoms with Gasteiger partial charge in [-0.25, -0.2) is 14.4 Å². The molecule has 35 heavy (non-hydrogen) atoms. The van der Waals surface area contributed by atoms with Gasteiger partial charge < -0.3 is 20.1 Å². The first-order valence-electron chi connectivity index (χ1n) is 11.4. The Morgan fingerprint density at radius 2 is 2.09 bits per heavy atom. The van der Waals surface area contributed by atoms with Crippen LogP contribution in [-0.4, -0.2) is 51.1 Å². The van der Waals surface area contributed by atoms with Gasteiger partial charge in [-0.1, -0.05) is 6.07 Å². The topological polar surface area (TPSA) is 103 Å². The number of amides is 1. The third-order valence-corrected chi connectivity index (χ3v) is 6.42. The zero-order chi connectivity index (χ0) is 23.9. The Hall–Kier alpha value is -4.05. The summed E-state index contributed by atoms with van der Waals surface area (Å²) in [6.45, 7) is 3.62. The highest BCUT2D eigenvalue weighted by Crippen LogP contribution is 2.32. The van der Waals surface area contributed by atoms with Gasteiger partial charge in [-0.05, 0) is 25.1 Å². The average molecular weight is 474 g/mol. The van der Waals surface area contributed by atoms with Crippen LogP contribution in [0.25, 0.3) is 16.6 Å². The fraction of sp³-hybridized carbons (Fsp3) is 0.280. The first-order valence-corrected chi connectivity index (χ1v) is 11.4. The number of nitrogens with one attached hydrogen (secondary N) is 2. The second-order valence-electron chi connectivity index (χ2n) is 8.61. The Balaban J connectivity index is 1.41. The van der Waals surface area contributed by atoms with Gasteiger partial charge in [-0.3, -0.25) is 14.2 Å². The highest BCUT2D eigenvalue weighted by atomic mass is 19.1. The van der Waals surface area contributed by atoms with Crippen molar-refractivity contribution in [3.8, 4) is 16.9 Å². The minimum absolute atomic E-state index is 0.0346. The predicted molar refractivity (Wildman–Crippen MR) is 126 cm³/mol. The molecule has 0 saturated carbocycles. The number of rotatable bonds is 6. The minimum atomic E-state index is -0.297. The number of pyridine rings is 1. The molecule has 2 aliphatic rings. The Bertz CT molecular complexity index is 1450. The van der Waals surface area contributed by atoms with Crippen LogP contribution in [0.5, 0.6) is 5.75 Å². The van der Waals surface area contributed by atoms with Crippen molar-refractivity contribution in [2.75, 3.05) is 25.1 Å². The molecule has 2 aliphatic heterocycles. The molecule has 1 fully saturated rings. The van der Waals surface area contributed by atoms with Crippen LogP contribution >= 0.6 is 0 Å². The molecule has 2 N–H and O–H groups in total. The maximum absolute atomic E-state index is 14.7. The molecule has 0 unspecified atom stereocenters. The van der Waals surface area contributed by atoms with E-state index in [0.29, 0.717) is 49.0 Å². The molecule has 3 aromatic heterocycles. The summed E-state index contributed by atoms with van der Waals surface area (Å²) in [7, 11) is 0. The largest absolute Gasteiger partial charge is 0.493 e. The van der Waals surface area contributed by atoms with Crippen molar-refractivity contribution in [2.45, 2.75) is 25.9 Å². The summed E-state index contributed by atoms with van der Waals surface area (Å²) in [6.07, 6.45) is 5.63. The van der Waals surface area contributed by atoms with Crippen LogP contribution in [0.3, 0.4) is 0 Å². The van der Waals surface area contributed by atoms with E-state index in [1.165, 1.54) is 6.07 Å². The van der Waals surface area contributed by atoms with Crippen LogP contribution in [-0.2, 0) is 17.7 Å². The van der Waals surface area contributed by atoms with Gasteiger partial charge in [-0.2, -0.15) is 0 Å². The number of carbonyl (C=O) groups is 1. The predicted octanol–water partition coefficient (Wildman–Crippen LogP) is 2.91. The molecule has 0 aliphatic carbocycles. The van der Waals surface area contributed by atoms with Crippen LogP contribution < -0.4 is 15.4 Å². The average Bonchev–Trinajstić information content (AvgIpc) is 3.49. The molecule has 0 spiro atoms. The van der Waals surface area contributed by atoms with Crippen molar-refractivity contribution in [1.82, 2.24) is 24.7 Å². The third-order valence-electron chi connectivity index (χ3n) is 6.42. The lowest BCUT2D eigenvalue weighted by Crippen LogP contribution is -2.48. The summed E-state index contributed by atoms with van der Waals surface area (Å²) in [5.41, 5.74) is 4.67. The van der Waals surface area contributed by atoms with Crippen molar-refractivity contribution in [3.05, 3.63) is 71.3 Å². The molecular weight excluding hydrogens is 451 g/mol. The lowest BCUT2D eigenvalue weighted by Gasteiger charge is -2.26. The fourth-order valence-corrected chi connectivity index (χ4v) is 4.53. The Morgan fingerprint density at radius 3 is 2.89 bits per heavy atom. The van der Waals surface area contributed by atoms with E-state index in [-0.39, 0.29) is 30.0 Å². The first kappa shape index (κ1) is 21.5. The molecule has 0 atom stereocenters. The quantitative estimate of drug-likeness (QED) is 0.443. The third kappa shape index (κ3) is 3.75. The monoisotopic (exact) mass is 474 g/mol. The lowest BCUT2D eigenvalue weighted by molar-refractivity contribution is -0.00351. The van der Waals surface area contributed by atoms with Crippen LogP contribution in [0.1, 0.15) is 27.3 Å². The van der Waals surface area contributed by atoms with E-state index in [2.05, 4.69) is 25.6 Å². The smallest absolute Gasteiger partial charge is 0.272 e. The number of carbonyl (C=O) groups excluding carboxylic acids is 1. The van der Waals surface area contributed by atoms with Crippen molar-refractivity contribution in [2.24, 2.45) is 0 Å². The Kier molecular flexibility index (Phi) is 5.29. The van der Waals surface area contributed by atoms with Gasteiger partial charge in [0.1, 0.15) is 17.9 Å². The number of fused-ring (bicyclic) bond motifs is 2. The molecule has 10 heteroatoms. The molecule has 4 aromatic rings.